The van der Waals surface area contributed by atoms with Crippen LogP contribution in [0, 0.1) is 29.6 Å². The van der Waals surface area contributed by atoms with Gasteiger partial charge in [0.15, 0.2) is 6.35 Å². The Morgan fingerprint density at radius 1 is 0.938 bits per heavy atom. The van der Waals surface area contributed by atoms with Crippen molar-refractivity contribution in [1.82, 2.24) is 16.0 Å². The normalized spacial score (nSPS) is 32.1. The van der Waals surface area contributed by atoms with Crippen LogP contribution >= 0.6 is 0 Å². The van der Waals surface area contributed by atoms with Crippen LogP contribution in [-0.4, -0.2) is 48.2 Å². The van der Waals surface area contributed by atoms with Crippen molar-refractivity contribution in [3.8, 4) is 0 Å². The van der Waals surface area contributed by atoms with E-state index in [0.29, 0.717) is 42.6 Å². The van der Waals surface area contributed by atoms with Gasteiger partial charge in [0.2, 0.25) is 0 Å². The third-order valence-electron chi connectivity index (χ3n) is 11.9. The van der Waals surface area contributed by atoms with Crippen molar-refractivity contribution in [2.45, 2.75) is 129 Å². The van der Waals surface area contributed by atoms with Crippen molar-refractivity contribution in [1.29, 1.82) is 0 Å². The third kappa shape index (κ3) is 7.81. The van der Waals surface area contributed by atoms with E-state index in [0.717, 1.165) is 38.5 Å². The molecule has 5 N–H and O–H groups in total. The SMILES string of the molecule is CCCCC(CC)COC1=CC(O)C(C2NC(OCC(CC)CCCC)NC(C3=CCC4CCc5cccc6c5C4C3C=C6)N2)C(O)=C1. The summed E-state index contributed by atoms with van der Waals surface area (Å²) >= 11 is 0. The van der Waals surface area contributed by atoms with Crippen LogP contribution < -0.4 is 16.0 Å². The van der Waals surface area contributed by atoms with Crippen LogP contribution in [0.4, 0.5) is 0 Å². The summed E-state index contributed by atoms with van der Waals surface area (Å²) in [5.41, 5.74) is 5.77. The Morgan fingerprint density at radius 3 is 2.44 bits per heavy atom. The maximum absolute atomic E-state index is 11.5. The number of benzene rings is 1. The zero-order valence-corrected chi connectivity index (χ0v) is 29.8. The van der Waals surface area contributed by atoms with Crippen molar-refractivity contribution in [2.75, 3.05) is 13.2 Å². The quantitative estimate of drug-likeness (QED) is 0.116. The first-order chi connectivity index (χ1) is 23.4. The molecule has 7 heteroatoms. The van der Waals surface area contributed by atoms with E-state index in [1.807, 2.05) is 0 Å². The minimum Gasteiger partial charge on any atom is -0.512 e. The van der Waals surface area contributed by atoms with Crippen LogP contribution in [-0.2, 0) is 15.9 Å². The van der Waals surface area contributed by atoms with E-state index in [-0.39, 0.29) is 17.8 Å². The molecule has 0 saturated carbocycles. The van der Waals surface area contributed by atoms with Gasteiger partial charge in [-0.25, -0.2) is 0 Å². The van der Waals surface area contributed by atoms with Gasteiger partial charge in [0, 0.05) is 12.0 Å². The predicted octanol–water partition coefficient (Wildman–Crippen LogP) is 7.81. The number of unbranched alkanes of at least 4 members (excludes halogenated alkanes) is 2. The lowest BCUT2D eigenvalue weighted by Gasteiger charge is -2.49. The summed E-state index contributed by atoms with van der Waals surface area (Å²) in [6.45, 7) is 10.1. The van der Waals surface area contributed by atoms with Gasteiger partial charge in [0.25, 0.3) is 0 Å². The van der Waals surface area contributed by atoms with E-state index in [4.69, 9.17) is 9.47 Å². The van der Waals surface area contributed by atoms with Crippen LogP contribution in [0.15, 0.2) is 59.6 Å². The monoisotopic (exact) mass is 659 g/mol. The minimum atomic E-state index is -0.912. The predicted molar refractivity (Wildman–Crippen MR) is 194 cm³/mol. The molecular weight excluding hydrogens is 598 g/mol. The molecule has 7 nitrogen and oxygen atoms in total. The van der Waals surface area contributed by atoms with Crippen LogP contribution in [0.2, 0.25) is 0 Å². The average Bonchev–Trinajstić information content (AvgIpc) is 3.10. The maximum atomic E-state index is 11.5. The van der Waals surface area contributed by atoms with Gasteiger partial charge in [-0.15, -0.1) is 0 Å². The molecule has 1 saturated heterocycles. The highest BCUT2D eigenvalue weighted by Crippen LogP contribution is 2.52. The largest absolute Gasteiger partial charge is 0.512 e. The standard InChI is InChI=1S/C41H61N3O4/c1-5-9-12-26(7-3)24-47-31-22-34(45)38(35(46)23-31)40-42-39(43-41(44-40)48-25-27(8-4)13-10-6-2)33-21-19-30-17-16-28-14-11-15-29-18-20-32(33)37(30)36(28)29/h11,14-15,18,20-23,26-27,30,32,34,37-46H,5-10,12-13,16-17,19,24-25H2,1-4H3. The molecule has 0 spiro atoms. The number of hydrogen-bond acceptors (Lipinski definition) is 7. The van der Waals surface area contributed by atoms with Crippen LogP contribution in [0.3, 0.4) is 0 Å². The Kier molecular flexibility index (Phi) is 12.2. The number of rotatable bonds is 16. The molecule has 1 aromatic rings. The first-order valence-corrected chi connectivity index (χ1v) is 19.3. The first-order valence-electron chi connectivity index (χ1n) is 19.3. The number of nitrogens with one attached hydrogen (secondary N) is 3. The van der Waals surface area contributed by atoms with Crippen molar-refractivity contribution in [3.63, 3.8) is 0 Å². The van der Waals surface area contributed by atoms with Gasteiger partial charge in [-0.1, -0.05) is 103 Å². The number of aryl methyl sites for hydroxylation is 1. The second kappa shape index (κ2) is 16.5. The Hall–Kier alpha value is -2.42. The average molecular weight is 660 g/mol. The molecule has 0 amide bonds. The fourth-order valence-electron chi connectivity index (χ4n) is 8.85. The number of allylic oxidation sites excluding steroid dienone is 3. The zero-order chi connectivity index (χ0) is 33.6. The second-order valence-corrected chi connectivity index (χ2v) is 15.0. The summed E-state index contributed by atoms with van der Waals surface area (Å²) in [6, 6.07) is 6.81. The van der Waals surface area contributed by atoms with Crippen molar-refractivity contribution in [3.05, 3.63) is 76.3 Å². The van der Waals surface area contributed by atoms with Gasteiger partial charge in [-0.2, -0.15) is 0 Å². The van der Waals surface area contributed by atoms with Gasteiger partial charge in [-0.3, -0.25) is 16.0 Å². The molecule has 4 aliphatic carbocycles. The van der Waals surface area contributed by atoms with E-state index < -0.39 is 24.5 Å². The third-order valence-corrected chi connectivity index (χ3v) is 11.9. The fraction of sp³-hybridized carbons (Fsp3) is 0.659. The molecule has 1 aromatic carbocycles. The van der Waals surface area contributed by atoms with E-state index >= 15 is 0 Å². The Bertz CT molecular complexity index is 1350. The summed E-state index contributed by atoms with van der Waals surface area (Å²) in [5.74, 6) is 2.46. The molecule has 0 bridgehead atoms. The lowest BCUT2D eigenvalue weighted by atomic mass is 9.60. The summed E-state index contributed by atoms with van der Waals surface area (Å²) in [6.07, 6.45) is 21.3. The molecule has 6 rings (SSSR count). The zero-order valence-electron chi connectivity index (χ0n) is 29.8. The van der Waals surface area contributed by atoms with E-state index in [9.17, 15) is 10.2 Å². The molecule has 0 aromatic heterocycles. The topological polar surface area (TPSA) is 95.0 Å². The highest BCUT2D eigenvalue weighted by molar-refractivity contribution is 5.63. The van der Waals surface area contributed by atoms with Crippen molar-refractivity contribution >= 4 is 6.08 Å². The van der Waals surface area contributed by atoms with E-state index in [1.165, 1.54) is 48.8 Å². The Morgan fingerprint density at radius 2 is 1.71 bits per heavy atom. The Labute approximate surface area is 289 Å². The lowest BCUT2D eigenvalue weighted by Crippen LogP contribution is -2.71. The van der Waals surface area contributed by atoms with E-state index in [1.54, 1.807) is 17.7 Å². The lowest BCUT2D eigenvalue weighted by molar-refractivity contribution is -0.0641. The van der Waals surface area contributed by atoms with Gasteiger partial charge >= 0.3 is 0 Å². The number of aliphatic hydroxyl groups excluding tert-OH is 2. The van der Waals surface area contributed by atoms with Crippen LogP contribution in [0.5, 0.6) is 0 Å². The van der Waals surface area contributed by atoms with Gasteiger partial charge in [0.05, 0.1) is 37.6 Å². The van der Waals surface area contributed by atoms with Gasteiger partial charge < -0.3 is 19.7 Å². The molecule has 264 valence electrons. The molecule has 48 heavy (non-hydrogen) atoms. The van der Waals surface area contributed by atoms with Crippen molar-refractivity contribution < 1.29 is 19.7 Å². The Balaban J connectivity index is 1.21. The number of aliphatic hydroxyl groups is 2. The second-order valence-electron chi connectivity index (χ2n) is 15.0. The smallest absolute Gasteiger partial charge is 0.166 e. The molecule has 10 unspecified atom stereocenters. The van der Waals surface area contributed by atoms with E-state index in [2.05, 4.69) is 80.1 Å². The highest BCUT2D eigenvalue weighted by atomic mass is 16.5. The molecule has 5 aliphatic rings. The van der Waals surface area contributed by atoms with Crippen molar-refractivity contribution in [2.24, 2.45) is 29.6 Å². The molecule has 0 radical (unpaired) electrons. The number of ether oxygens (including phenoxy) is 2. The minimum absolute atomic E-state index is 0.126. The maximum Gasteiger partial charge on any atom is 0.166 e. The summed E-state index contributed by atoms with van der Waals surface area (Å²) < 4.78 is 12.7. The summed E-state index contributed by atoms with van der Waals surface area (Å²) in [4.78, 5) is 0. The summed E-state index contributed by atoms with van der Waals surface area (Å²) in [5, 5.41) is 34.1. The summed E-state index contributed by atoms with van der Waals surface area (Å²) in [7, 11) is 0. The molecule has 1 fully saturated rings. The fourth-order valence-corrected chi connectivity index (χ4v) is 8.85. The first kappa shape index (κ1) is 35.4. The van der Waals surface area contributed by atoms with Gasteiger partial charge in [-0.05, 0) is 84.1 Å². The van der Waals surface area contributed by atoms with Gasteiger partial charge in [0.1, 0.15) is 11.5 Å². The van der Waals surface area contributed by atoms with Crippen LogP contribution in [0.1, 0.15) is 115 Å². The van der Waals surface area contributed by atoms with Crippen LogP contribution in [0.25, 0.3) is 6.08 Å². The molecule has 1 aliphatic heterocycles. The highest BCUT2D eigenvalue weighted by Gasteiger charge is 2.46. The molecular formula is C41H61N3O4. The molecule has 10 atom stereocenters. The number of hydrogen-bond donors (Lipinski definition) is 5. The molecule has 1 heterocycles.